The van der Waals surface area contributed by atoms with Crippen molar-refractivity contribution in [2.45, 2.75) is 59.9 Å². The largest absolute Gasteiger partial charge is 0.464 e. The molecule has 5 heteroatoms. The SMILES string of the molecule is CCCCCOC(=O)C(C(C)C)N(C)C(=O)OCC(C)C. The minimum atomic E-state index is -0.605. The van der Waals surface area contributed by atoms with E-state index in [4.69, 9.17) is 9.47 Å². The molecule has 0 aromatic rings. The molecule has 0 aromatic heterocycles. The van der Waals surface area contributed by atoms with Crippen LogP contribution in [-0.2, 0) is 14.3 Å². The maximum absolute atomic E-state index is 12.2. The fourth-order valence-corrected chi connectivity index (χ4v) is 1.94. The van der Waals surface area contributed by atoms with Crippen LogP contribution in [0.25, 0.3) is 0 Å². The number of esters is 1. The number of nitrogens with zero attached hydrogens (tertiary/aromatic N) is 1. The van der Waals surface area contributed by atoms with Crippen LogP contribution in [0.2, 0.25) is 0 Å². The van der Waals surface area contributed by atoms with Crippen molar-refractivity contribution in [2.75, 3.05) is 20.3 Å². The number of hydrogen-bond acceptors (Lipinski definition) is 4. The molecular weight excluding hydrogens is 270 g/mol. The Morgan fingerprint density at radius 3 is 2.14 bits per heavy atom. The van der Waals surface area contributed by atoms with Crippen molar-refractivity contribution in [3.63, 3.8) is 0 Å². The third-order valence-electron chi connectivity index (χ3n) is 3.11. The first-order chi connectivity index (χ1) is 9.81. The van der Waals surface area contributed by atoms with Crippen LogP contribution in [0.3, 0.4) is 0 Å². The summed E-state index contributed by atoms with van der Waals surface area (Å²) in [5.41, 5.74) is 0. The van der Waals surface area contributed by atoms with Crippen LogP contribution in [0.15, 0.2) is 0 Å². The van der Waals surface area contributed by atoms with Gasteiger partial charge in [-0.25, -0.2) is 9.59 Å². The van der Waals surface area contributed by atoms with E-state index in [2.05, 4.69) is 6.92 Å². The Morgan fingerprint density at radius 1 is 1.05 bits per heavy atom. The van der Waals surface area contributed by atoms with Crippen LogP contribution in [0.1, 0.15) is 53.9 Å². The maximum atomic E-state index is 12.2. The molecule has 5 nitrogen and oxygen atoms in total. The van der Waals surface area contributed by atoms with E-state index >= 15 is 0 Å². The van der Waals surface area contributed by atoms with Gasteiger partial charge in [-0.3, -0.25) is 4.90 Å². The van der Waals surface area contributed by atoms with E-state index in [-0.39, 0.29) is 17.8 Å². The molecule has 0 aliphatic rings. The summed E-state index contributed by atoms with van der Waals surface area (Å²) < 4.78 is 10.4. The number of likely N-dealkylation sites (N-methyl/N-ethyl adjacent to an activating group) is 1. The second-order valence-corrected chi connectivity index (χ2v) is 6.15. The molecule has 1 amide bonds. The number of amides is 1. The molecular formula is C16H31NO4. The molecule has 21 heavy (non-hydrogen) atoms. The van der Waals surface area contributed by atoms with Crippen molar-refractivity contribution < 1.29 is 19.1 Å². The van der Waals surface area contributed by atoms with Gasteiger partial charge in [0.05, 0.1) is 13.2 Å². The van der Waals surface area contributed by atoms with Gasteiger partial charge in [0, 0.05) is 7.05 Å². The molecule has 0 aliphatic heterocycles. The van der Waals surface area contributed by atoms with Crippen LogP contribution < -0.4 is 0 Å². The average molecular weight is 301 g/mol. The molecule has 0 aromatic carbocycles. The summed E-state index contributed by atoms with van der Waals surface area (Å²) in [5, 5.41) is 0. The first kappa shape index (κ1) is 19.7. The van der Waals surface area contributed by atoms with Crippen LogP contribution in [0.5, 0.6) is 0 Å². The van der Waals surface area contributed by atoms with Gasteiger partial charge in [0.2, 0.25) is 0 Å². The molecule has 0 heterocycles. The van der Waals surface area contributed by atoms with Gasteiger partial charge < -0.3 is 9.47 Å². The predicted octanol–water partition coefficient (Wildman–Crippen LogP) is 3.47. The summed E-state index contributed by atoms with van der Waals surface area (Å²) >= 11 is 0. The van der Waals surface area contributed by atoms with Crippen molar-refractivity contribution in [1.82, 2.24) is 4.90 Å². The summed E-state index contributed by atoms with van der Waals surface area (Å²) in [6.45, 7) is 10.6. The van der Waals surface area contributed by atoms with Crippen molar-refractivity contribution >= 4 is 12.1 Å². The molecule has 0 radical (unpaired) electrons. The number of carbonyl (C=O) groups excluding carboxylic acids is 2. The predicted molar refractivity (Wildman–Crippen MR) is 83.1 cm³/mol. The maximum Gasteiger partial charge on any atom is 0.410 e. The van der Waals surface area contributed by atoms with E-state index < -0.39 is 12.1 Å². The minimum Gasteiger partial charge on any atom is -0.464 e. The van der Waals surface area contributed by atoms with Crippen molar-refractivity contribution in [2.24, 2.45) is 11.8 Å². The normalized spacial score (nSPS) is 12.4. The second kappa shape index (κ2) is 10.5. The molecule has 0 saturated carbocycles. The molecule has 0 fully saturated rings. The van der Waals surface area contributed by atoms with Crippen LogP contribution in [0.4, 0.5) is 4.79 Å². The Labute approximate surface area is 129 Å². The highest BCUT2D eigenvalue weighted by atomic mass is 16.6. The van der Waals surface area contributed by atoms with Gasteiger partial charge in [-0.05, 0) is 18.3 Å². The van der Waals surface area contributed by atoms with E-state index in [0.29, 0.717) is 13.2 Å². The molecule has 124 valence electrons. The topological polar surface area (TPSA) is 55.8 Å². The van der Waals surface area contributed by atoms with Crippen molar-refractivity contribution in [3.8, 4) is 0 Å². The highest BCUT2D eigenvalue weighted by molar-refractivity contribution is 5.81. The van der Waals surface area contributed by atoms with Crippen LogP contribution >= 0.6 is 0 Å². The van der Waals surface area contributed by atoms with E-state index in [1.54, 1.807) is 7.05 Å². The Morgan fingerprint density at radius 2 is 1.67 bits per heavy atom. The Kier molecular flexibility index (Phi) is 9.84. The van der Waals surface area contributed by atoms with Gasteiger partial charge in [-0.15, -0.1) is 0 Å². The summed E-state index contributed by atoms with van der Waals surface area (Å²) in [6.07, 6.45) is 2.49. The first-order valence-corrected chi connectivity index (χ1v) is 7.87. The molecule has 0 spiro atoms. The standard InChI is InChI=1S/C16H31NO4/c1-7-8-9-10-20-15(18)14(13(4)5)17(6)16(19)21-11-12(2)3/h12-14H,7-11H2,1-6H3. The molecule has 0 rings (SSSR count). The third-order valence-corrected chi connectivity index (χ3v) is 3.11. The summed E-state index contributed by atoms with van der Waals surface area (Å²) in [4.78, 5) is 25.5. The second-order valence-electron chi connectivity index (χ2n) is 6.15. The van der Waals surface area contributed by atoms with E-state index in [1.165, 1.54) is 4.90 Å². The quantitative estimate of drug-likeness (QED) is 0.483. The van der Waals surface area contributed by atoms with Gasteiger partial charge >= 0.3 is 12.1 Å². The zero-order valence-electron chi connectivity index (χ0n) is 14.3. The molecule has 1 atom stereocenters. The summed E-state index contributed by atoms with van der Waals surface area (Å²) in [7, 11) is 1.58. The minimum absolute atomic E-state index is 0.0275. The van der Waals surface area contributed by atoms with Crippen molar-refractivity contribution in [1.29, 1.82) is 0 Å². The Balaban J connectivity index is 4.50. The molecule has 0 saturated heterocycles. The van der Waals surface area contributed by atoms with Gasteiger partial charge in [0.25, 0.3) is 0 Å². The molecule has 0 aliphatic carbocycles. The molecule has 0 N–H and O–H groups in total. The van der Waals surface area contributed by atoms with Crippen LogP contribution in [-0.4, -0.2) is 43.3 Å². The number of carbonyl (C=O) groups is 2. The lowest BCUT2D eigenvalue weighted by Crippen LogP contribution is -2.47. The Bertz CT molecular complexity index is 315. The van der Waals surface area contributed by atoms with E-state index in [9.17, 15) is 9.59 Å². The highest BCUT2D eigenvalue weighted by Gasteiger charge is 2.32. The van der Waals surface area contributed by atoms with Crippen LogP contribution in [0, 0.1) is 11.8 Å². The number of ether oxygens (including phenoxy) is 2. The third kappa shape index (κ3) is 7.93. The summed E-state index contributed by atoms with van der Waals surface area (Å²) in [5.74, 6) is -0.119. The summed E-state index contributed by atoms with van der Waals surface area (Å²) in [6, 6.07) is -0.605. The fourth-order valence-electron chi connectivity index (χ4n) is 1.94. The smallest absolute Gasteiger partial charge is 0.410 e. The lowest BCUT2D eigenvalue weighted by Gasteiger charge is -2.28. The molecule has 1 unspecified atom stereocenters. The zero-order valence-corrected chi connectivity index (χ0v) is 14.3. The average Bonchev–Trinajstić information content (AvgIpc) is 2.40. The van der Waals surface area contributed by atoms with Gasteiger partial charge in [0.1, 0.15) is 6.04 Å². The number of hydrogen-bond donors (Lipinski definition) is 0. The zero-order chi connectivity index (χ0) is 16.4. The first-order valence-electron chi connectivity index (χ1n) is 7.87. The molecule has 0 bridgehead atoms. The fraction of sp³-hybridized carbons (Fsp3) is 0.875. The lowest BCUT2D eigenvalue weighted by molar-refractivity contribution is -0.150. The Hall–Kier alpha value is -1.26. The monoisotopic (exact) mass is 301 g/mol. The van der Waals surface area contributed by atoms with Crippen molar-refractivity contribution in [3.05, 3.63) is 0 Å². The van der Waals surface area contributed by atoms with Gasteiger partial charge in [-0.2, -0.15) is 0 Å². The highest BCUT2D eigenvalue weighted by Crippen LogP contribution is 2.13. The number of unbranched alkanes of at least 4 members (excludes halogenated alkanes) is 2. The van der Waals surface area contributed by atoms with E-state index in [1.807, 2.05) is 27.7 Å². The van der Waals surface area contributed by atoms with Gasteiger partial charge in [0.15, 0.2) is 0 Å². The number of rotatable bonds is 9. The lowest BCUT2D eigenvalue weighted by atomic mass is 10.0. The van der Waals surface area contributed by atoms with Gasteiger partial charge in [-0.1, -0.05) is 47.5 Å². The van der Waals surface area contributed by atoms with E-state index in [0.717, 1.165) is 19.3 Å².